The van der Waals surface area contributed by atoms with Crippen molar-refractivity contribution in [2.24, 2.45) is 23.5 Å². The van der Waals surface area contributed by atoms with Crippen LogP contribution in [0.5, 0.6) is 0 Å². The van der Waals surface area contributed by atoms with E-state index in [0.29, 0.717) is 24.4 Å². The van der Waals surface area contributed by atoms with Crippen LogP contribution in [0.15, 0.2) is 24.3 Å². The van der Waals surface area contributed by atoms with Crippen molar-refractivity contribution in [2.75, 3.05) is 6.54 Å². The highest BCUT2D eigenvalue weighted by Crippen LogP contribution is 2.50. The van der Waals surface area contributed by atoms with E-state index >= 15 is 0 Å². The second kappa shape index (κ2) is 6.34. The van der Waals surface area contributed by atoms with Gasteiger partial charge in [-0.15, -0.1) is 0 Å². The fourth-order valence-electron chi connectivity index (χ4n) is 4.99. The molecule has 3 nitrogen and oxygen atoms in total. The van der Waals surface area contributed by atoms with E-state index in [2.05, 4.69) is 11.4 Å². The first-order chi connectivity index (χ1) is 11.6. The van der Waals surface area contributed by atoms with Crippen LogP contribution < -0.4 is 11.1 Å². The summed E-state index contributed by atoms with van der Waals surface area (Å²) in [5, 5.41) is 4.07. The number of nitrogens with one attached hydrogen (secondary N) is 1. The minimum atomic E-state index is 0.0644. The molecule has 3 aliphatic rings. The monoisotopic (exact) mass is 346 g/mol. The Bertz CT molecular complexity index is 614. The molecule has 1 amide bonds. The second-order valence-electron chi connectivity index (χ2n) is 8.17. The van der Waals surface area contributed by atoms with Crippen molar-refractivity contribution < 1.29 is 4.79 Å². The van der Waals surface area contributed by atoms with Crippen molar-refractivity contribution in [3.8, 4) is 0 Å². The van der Waals surface area contributed by atoms with Gasteiger partial charge in [0.05, 0.1) is 0 Å². The van der Waals surface area contributed by atoms with Crippen molar-refractivity contribution in [3.05, 3.63) is 34.9 Å². The van der Waals surface area contributed by atoms with Gasteiger partial charge in [0, 0.05) is 28.9 Å². The number of halogens is 1. The van der Waals surface area contributed by atoms with Gasteiger partial charge in [-0.25, -0.2) is 0 Å². The Labute approximate surface area is 149 Å². The van der Waals surface area contributed by atoms with E-state index in [-0.39, 0.29) is 17.2 Å². The third-order valence-electron chi connectivity index (χ3n) is 6.68. The van der Waals surface area contributed by atoms with Crippen molar-refractivity contribution >= 4 is 17.5 Å². The lowest BCUT2D eigenvalue weighted by Crippen LogP contribution is -2.49. The maximum Gasteiger partial charge on any atom is 0.223 e. The van der Waals surface area contributed by atoms with Crippen LogP contribution in [0.4, 0.5) is 0 Å². The van der Waals surface area contributed by atoms with Crippen molar-refractivity contribution in [1.82, 2.24) is 5.32 Å². The lowest BCUT2D eigenvalue weighted by molar-refractivity contribution is -0.128. The lowest BCUT2D eigenvalue weighted by Gasteiger charge is -2.43. The molecular formula is C20H27ClN2O. The number of carbonyl (C=O) groups is 1. The molecule has 2 atom stereocenters. The predicted octanol–water partition coefficient (Wildman–Crippen LogP) is 3.64. The van der Waals surface area contributed by atoms with Gasteiger partial charge in [0.1, 0.15) is 0 Å². The van der Waals surface area contributed by atoms with Crippen LogP contribution in [0.1, 0.15) is 50.5 Å². The van der Waals surface area contributed by atoms with Crippen molar-refractivity contribution in [2.45, 2.75) is 56.4 Å². The molecule has 0 spiro atoms. The summed E-state index contributed by atoms with van der Waals surface area (Å²) in [5.41, 5.74) is 7.60. The number of nitrogens with two attached hydrogens (primary N) is 1. The Morgan fingerprint density at radius 3 is 2.50 bits per heavy atom. The van der Waals surface area contributed by atoms with Crippen LogP contribution in [0.25, 0.3) is 0 Å². The molecule has 2 unspecified atom stereocenters. The standard InChI is InChI=1S/C20H27ClN2O/c21-17-7-2-1-6-16(17)20(8-9-20)12-23-19(24)15-10-13-4-3-5-14(11-15)18(13)22/h1-2,6-7,13-15,18H,3-5,8-12,22H2,(H,23,24). The molecule has 3 fully saturated rings. The van der Waals surface area contributed by atoms with E-state index in [1.165, 1.54) is 24.8 Å². The zero-order chi connectivity index (χ0) is 16.7. The predicted molar refractivity (Wildman–Crippen MR) is 96.9 cm³/mol. The van der Waals surface area contributed by atoms with Crippen LogP contribution in [-0.2, 0) is 10.2 Å². The SMILES string of the molecule is NC1C2CCCC1CC(C(=O)NCC1(c3ccccc3Cl)CC1)C2. The molecule has 3 N–H and O–H groups in total. The van der Waals surface area contributed by atoms with Gasteiger partial charge in [0.15, 0.2) is 0 Å². The molecule has 24 heavy (non-hydrogen) atoms. The Balaban J connectivity index is 1.38. The van der Waals surface area contributed by atoms with Crippen molar-refractivity contribution in [1.29, 1.82) is 0 Å². The quantitative estimate of drug-likeness (QED) is 0.874. The summed E-state index contributed by atoms with van der Waals surface area (Å²) in [5.74, 6) is 1.48. The van der Waals surface area contributed by atoms with Crippen LogP contribution in [0.3, 0.4) is 0 Å². The summed E-state index contributed by atoms with van der Waals surface area (Å²) in [7, 11) is 0. The molecule has 130 valence electrons. The topological polar surface area (TPSA) is 55.1 Å². The summed E-state index contributed by atoms with van der Waals surface area (Å²) in [6.07, 6.45) is 7.85. The van der Waals surface area contributed by atoms with E-state index < -0.39 is 0 Å². The molecule has 2 bridgehead atoms. The molecule has 4 heteroatoms. The number of hydrogen-bond donors (Lipinski definition) is 2. The molecule has 0 heterocycles. The van der Waals surface area contributed by atoms with Crippen molar-refractivity contribution in [3.63, 3.8) is 0 Å². The number of hydrogen-bond acceptors (Lipinski definition) is 2. The normalized spacial score (nSPS) is 33.8. The Morgan fingerprint density at radius 1 is 1.21 bits per heavy atom. The minimum Gasteiger partial charge on any atom is -0.355 e. The fourth-order valence-corrected chi connectivity index (χ4v) is 5.32. The highest BCUT2D eigenvalue weighted by atomic mass is 35.5. The zero-order valence-electron chi connectivity index (χ0n) is 14.1. The van der Waals surface area contributed by atoms with Crippen LogP contribution in [-0.4, -0.2) is 18.5 Å². The van der Waals surface area contributed by atoms with E-state index in [4.69, 9.17) is 17.3 Å². The second-order valence-corrected chi connectivity index (χ2v) is 8.58. The molecule has 0 saturated heterocycles. The largest absolute Gasteiger partial charge is 0.355 e. The van der Waals surface area contributed by atoms with Gasteiger partial charge in [-0.2, -0.15) is 0 Å². The fraction of sp³-hybridized carbons (Fsp3) is 0.650. The molecule has 1 aromatic rings. The molecule has 3 aliphatic carbocycles. The molecule has 4 rings (SSSR count). The van der Waals surface area contributed by atoms with E-state index in [9.17, 15) is 4.79 Å². The summed E-state index contributed by atoms with van der Waals surface area (Å²) < 4.78 is 0. The van der Waals surface area contributed by atoms with Gasteiger partial charge < -0.3 is 11.1 Å². The number of benzene rings is 1. The van der Waals surface area contributed by atoms with Gasteiger partial charge in [0.2, 0.25) is 5.91 Å². The summed E-state index contributed by atoms with van der Waals surface area (Å²) >= 11 is 6.37. The third-order valence-corrected chi connectivity index (χ3v) is 7.01. The average Bonchev–Trinajstić information content (AvgIpc) is 3.34. The first-order valence-corrected chi connectivity index (χ1v) is 9.75. The zero-order valence-corrected chi connectivity index (χ0v) is 14.9. The van der Waals surface area contributed by atoms with Crippen LogP contribution >= 0.6 is 11.6 Å². The lowest BCUT2D eigenvalue weighted by atomic mass is 9.65. The minimum absolute atomic E-state index is 0.0644. The van der Waals surface area contributed by atoms with Gasteiger partial charge in [-0.3, -0.25) is 4.79 Å². The van der Waals surface area contributed by atoms with Gasteiger partial charge in [0.25, 0.3) is 0 Å². The Hall–Kier alpha value is -1.06. The average molecular weight is 347 g/mol. The summed E-state index contributed by atoms with van der Waals surface area (Å²) in [6.45, 7) is 0.716. The molecule has 3 saturated carbocycles. The first-order valence-electron chi connectivity index (χ1n) is 9.37. The van der Waals surface area contributed by atoms with E-state index in [1.54, 1.807) is 0 Å². The van der Waals surface area contributed by atoms with E-state index in [1.807, 2.05) is 18.2 Å². The van der Waals surface area contributed by atoms with Crippen LogP contribution in [0, 0.1) is 17.8 Å². The maximum absolute atomic E-state index is 12.7. The van der Waals surface area contributed by atoms with E-state index in [0.717, 1.165) is 30.7 Å². The Morgan fingerprint density at radius 2 is 1.88 bits per heavy atom. The molecule has 1 aromatic carbocycles. The van der Waals surface area contributed by atoms with Gasteiger partial charge in [-0.05, 0) is 62.0 Å². The summed E-state index contributed by atoms with van der Waals surface area (Å²) in [4.78, 5) is 12.7. The Kier molecular flexibility index (Phi) is 4.34. The first kappa shape index (κ1) is 16.4. The summed E-state index contributed by atoms with van der Waals surface area (Å²) in [6, 6.07) is 8.37. The molecule has 0 aliphatic heterocycles. The third kappa shape index (κ3) is 2.97. The van der Waals surface area contributed by atoms with Gasteiger partial charge in [-0.1, -0.05) is 36.2 Å². The number of fused-ring (bicyclic) bond motifs is 2. The molecule has 0 radical (unpaired) electrons. The molecular weight excluding hydrogens is 320 g/mol. The highest BCUT2D eigenvalue weighted by Gasteiger charge is 2.46. The highest BCUT2D eigenvalue weighted by molar-refractivity contribution is 6.31. The number of carbonyl (C=O) groups excluding carboxylic acids is 1. The number of amides is 1. The van der Waals surface area contributed by atoms with Gasteiger partial charge >= 0.3 is 0 Å². The van der Waals surface area contributed by atoms with Crippen LogP contribution in [0.2, 0.25) is 5.02 Å². The maximum atomic E-state index is 12.7. The smallest absolute Gasteiger partial charge is 0.223 e. The number of rotatable bonds is 4. The molecule has 0 aromatic heterocycles.